The first-order valence-electron chi connectivity index (χ1n) is 7.71. The van der Waals surface area contributed by atoms with E-state index in [9.17, 15) is 8.78 Å². The molecule has 0 aliphatic carbocycles. The fourth-order valence-corrected chi connectivity index (χ4v) is 2.17. The predicted octanol–water partition coefficient (Wildman–Crippen LogP) is 4.99. The van der Waals surface area contributed by atoms with Crippen LogP contribution < -0.4 is 10.2 Å². The van der Waals surface area contributed by atoms with Crippen molar-refractivity contribution in [3.8, 4) is 5.75 Å². The molecule has 0 heterocycles. The lowest BCUT2D eigenvalue weighted by atomic mass is 10.2. The van der Waals surface area contributed by atoms with Gasteiger partial charge in [-0.2, -0.15) is 5.10 Å². The summed E-state index contributed by atoms with van der Waals surface area (Å²) in [7, 11) is 0. The molecule has 0 aliphatic heterocycles. The molecule has 0 saturated heterocycles. The normalized spacial score (nSPS) is 10.8. The largest absolute Gasteiger partial charge is 0.488 e. The van der Waals surface area contributed by atoms with Gasteiger partial charge in [-0.05, 0) is 42.0 Å². The van der Waals surface area contributed by atoms with Crippen molar-refractivity contribution in [3.63, 3.8) is 0 Å². The van der Waals surface area contributed by atoms with E-state index in [1.165, 1.54) is 24.3 Å². The molecule has 0 amide bonds. The van der Waals surface area contributed by atoms with E-state index in [0.29, 0.717) is 11.3 Å². The molecular formula is C20H16F2N2O. The van der Waals surface area contributed by atoms with Gasteiger partial charge in [-0.1, -0.05) is 30.3 Å². The number of rotatable bonds is 6. The number of nitrogens with zero attached hydrogens (tertiary/aromatic N) is 1. The van der Waals surface area contributed by atoms with E-state index in [1.54, 1.807) is 24.4 Å². The van der Waals surface area contributed by atoms with Crippen LogP contribution in [-0.2, 0) is 6.61 Å². The Hall–Kier alpha value is -3.21. The van der Waals surface area contributed by atoms with Gasteiger partial charge in [0, 0.05) is 11.6 Å². The molecule has 3 aromatic carbocycles. The average molecular weight is 338 g/mol. The van der Waals surface area contributed by atoms with Gasteiger partial charge in [0.15, 0.2) is 0 Å². The number of nitrogens with one attached hydrogen (secondary N) is 1. The van der Waals surface area contributed by atoms with Crippen LogP contribution in [0.2, 0.25) is 0 Å². The molecule has 0 saturated carbocycles. The lowest BCUT2D eigenvalue weighted by Gasteiger charge is -2.09. The molecule has 0 unspecified atom stereocenters. The Balaban J connectivity index is 1.70. The van der Waals surface area contributed by atoms with Crippen LogP contribution in [0.15, 0.2) is 77.9 Å². The topological polar surface area (TPSA) is 33.6 Å². The van der Waals surface area contributed by atoms with Gasteiger partial charge in [0.05, 0.1) is 11.9 Å². The molecule has 0 atom stereocenters. The molecule has 25 heavy (non-hydrogen) atoms. The van der Waals surface area contributed by atoms with Crippen molar-refractivity contribution in [1.29, 1.82) is 0 Å². The van der Waals surface area contributed by atoms with Crippen LogP contribution in [-0.4, -0.2) is 6.21 Å². The number of ether oxygens (including phenoxy) is 1. The Kier molecular flexibility index (Phi) is 5.36. The van der Waals surface area contributed by atoms with Gasteiger partial charge in [-0.25, -0.2) is 8.78 Å². The molecule has 1 N–H and O–H groups in total. The zero-order valence-corrected chi connectivity index (χ0v) is 13.3. The molecule has 0 fully saturated rings. The Bertz CT molecular complexity index is 849. The third-order valence-corrected chi connectivity index (χ3v) is 3.45. The van der Waals surface area contributed by atoms with Gasteiger partial charge in [0.2, 0.25) is 0 Å². The van der Waals surface area contributed by atoms with Crippen molar-refractivity contribution in [1.82, 2.24) is 0 Å². The highest BCUT2D eigenvalue weighted by atomic mass is 19.1. The standard InChI is InChI=1S/C20H16F2N2O/c21-17-9-6-15(7-10-17)14-25-20-12-18(22)11-8-16(20)13-23-24-19-4-2-1-3-5-19/h1-13,24H,14H2. The molecule has 3 nitrogen and oxygen atoms in total. The zero-order valence-electron chi connectivity index (χ0n) is 13.3. The molecule has 5 heteroatoms. The minimum absolute atomic E-state index is 0.205. The third-order valence-electron chi connectivity index (χ3n) is 3.45. The van der Waals surface area contributed by atoms with Gasteiger partial charge < -0.3 is 4.74 Å². The van der Waals surface area contributed by atoms with Crippen LogP contribution in [0.1, 0.15) is 11.1 Å². The van der Waals surface area contributed by atoms with Crippen molar-refractivity contribution < 1.29 is 13.5 Å². The summed E-state index contributed by atoms with van der Waals surface area (Å²) in [6.45, 7) is 0.205. The summed E-state index contributed by atoms with van der Waals surface area (Å²) < 4.78 is 32.1. The number of benzene rings is 3. The summed E-state index contributed by atoms with van der Waals surface area (Å²) in [4.78, 5) is 0. The monoisotopic (exact) mass is 338 g/mol. The minimum atomic E-state index is -0.401. The third kappa shape index (κ3) is 4.88. The Labute approximate surface area is 144 Å². The van der Waals surface area contributed by atoms with Crippen molar-refractivity contribution in [2.75, 3.05) is 5.43 Å². The van der Waals surface area contributed by atoms with Crippen molar-refractivity contribution in [3.05, 3.63) is 95.6 Å². The lowest BCUT2D eigenvalue weighted by Crippen LogP contribution is -2.00. The highest BCUT2D eigenvalue weighted by Crippen LogP contribution is 2.20. The second-order valence-electron chi connectivity index (χ2n) is 5.33. The molecule has 0 spiro atoms. The average Bonchev–Trinajstić information content (AvgIpc) is 2.64. The highest BCUT2D eigenvalue weighted by Gasteiger charge is 2.05. The van der Waals surface area contributed by atoms with Crippen LogP contribution in [0, 0.1) is 11.6 Å². The first kappa shape index (κ1) is 16.6. The Morgan fingerprint density at radius 3 is 2.36 bits per heavy atom. The van der Waals surface area contributed by atoms with Gasteiger partial charge >= 0.3 is 0 Å². The molecule has 3 aromatic rings. The van der Waals surface area contributed by atoms with Crippen LogP contribution in [0.3, 0.4) is 0 Å². The zero-order chi connectivity index (χ0) is 17.5. The SMILES string of the molecule is Fc1ccc(COc2cc(F)ccc2C=NNc2ccccc2)cc1. The Morgan fingerprint density at radius 1 is 0.880 bits per heavy atom. The maximum Gasteiger partial charge on any atom is 0.131 e. The first-order chi connectivity index (χ1) is 12.2. The smallest absolute Gasteiger partial charge is 0.131 e. The van der Waals surface area contributed by atoms with Crippen molar-refractivity contribution >= 4 is 11.9 Å². The number of anilines is 1. The van der Waals surface area contributed by atoms with E-state index >= 15 is 0 Å². The molecular weight excluding hydrogens is 322 g/mol. The van der Waals surface area contributed by atoms with Crippen LogP contribution in [0.4, 0.5) is 14.5 Å². The maximum absolute atomic E-state index is 13.5. The summed E-state index contributed by atoms with van der Waals surface area (Å²) in [5, 5.41) is 4.14. The van der Waals surface area contributed by atoms with Gasteiger partial charge in [0.25, 0.3) is 0 Å². The number of hydrazone groups is 1. The second kappa shape index (κ2) is 8.06. The molecule has 126 valence electrons. The van der Waals surface area contributed by atoms with E-state index in [1.807, 2.05) is 30.3 Å². The summed E-state index contributed by atoms with van der Waals surface area (Å²) >= 11 is 0. The number of para-hydroxylation sites is 1. The first-order valence-corrected chi connectivity index (χ1v) is 7.71. The number of halogens is 2. The fraction of sp³-hybridized carbons (Fsp3) is 0.0500. The summed E-state index contributed by atoms with van der Waals surface area (Å²) in [6, 6.07) is 19.7. The molecule has 0 aliphatic rings. The Morgan fingerprint density at radius 2 is 1.60 bits per heavy atom. The van der Waals surface area contributed by atoms with Gasteiger partial charge in [0.1, 0.15) is 24.0 Å². The van der Waals surface area contributed by atoms with Crippen molar-refractivity contribution in [2.24, 2.45) is 5.10 Å². The predicted molar refractivity (Wildman–Crippen MR) is 94.8 cm³/mol. The summed E-state index contributed by atoms with van der Waals surface area (Å²) in [5.74, 6) is -0.348. The van der Waals surface area contributed by atoms with E-state index in [0.717, 1.165) is 11.3 Å². The van der Waals surface area contributed by atoms with Crippen molar-refractivity contribution in [2.45, 2.75) is 6.61 Å². The summed E-state index contributed by atoms with van der Waals surface area (Å²) in [6.07, 6.45) is 1.56. The quantitative estimate of drug-likeness (QED) is 0.507. The highest BCUT2D eigenvalue weighted by molar-refractivity contribution is 5.84. The van der Waals surface area contributed by atoms with Crippen LogP contribution in [0.25, 0.3) is 0 Å². The molecule has 3 rings (SSSR count). The lowest BCUT2D eigenvalue weighted by molar-refractivity contribution is 0.304. The van der Waals surface area contributed by atoms with Crippen LogP contribution >= 0.6 is 0 Å². The van der Waals surface area contributed by atoms with Gasteiger partial charge in [-0.3, -0.25) is 5.43 Å². The van der Waals surface area contributed by atoms with Gasteiger partial charge in [-0.15, -0.1) is 0 Å². The van der Waals surface area contributed by atoms with E-state index in [4.69, 9.17) is 4.74 Å². The second-order valence-corrected chi connectivity index (χ2v) is 5.33. The molecule has 0 radical (unpaired) electrons. The number of hydrogen-bond acceptors (Lipinski definition) is 3. The number of hydrogen-bond donors (Lipinski definition) is 1. The fourth-order valence-electron chi connectivity index (χ4n) is 2.17. The van der Waals surface area contributed by atoms with E-state index in [-0.39, 0.29) is 12.4 Å². The summed E-state index contributed by atoms with van der Waals surface area (Å²) in [5.41, 5.74) is 5.16. The molecule has 0 bridgehead atoms. The maximum atomic E-state index is 13.5. The van der Waals surface area contributed by atoms with Crippen LogP contribution in [0.5, 0.6) is 5.75 Å². The van der Waals surface area contributed by atoms with E-state index in [2.05, 4.69) is 10.5 Å². The van der Waals surface area contributed by atoms with E-state index < -0.39 is 5.82 Å². The molecule has 0 aromatic heterocycles. The minimum Gasteiger partial charge on any atom is -0.488 e.